The molecule has 3 aromatic carbocycles. The number of ketones is 2. The van der Waals surface area contributed by atoms with Crippen molar-refractivity contribution in [3.05, 3.63) is 130 Å². The van der Waals surface area contributed by atoms with E-state index in [-0.39, 0.29) is 17.5 Å². The number of hydrogen-bond donors (Lipinski definition) is 1. The summed E-state index contributed by atoms with van der Waals surface area (Å²) in [5, 5.41) is 3.03. The summed E-state index contributed by atoms with van der Waals surface area (Å²) in [6.07, 6.45) is 7.11. The average Bonchev–Trinajstić information content (AvgIpc) is 3.45. The van der Waals surface area contributed by atoms with Gasteiger partial charge in [-0.2, -0.15) is 0 Å². The van der Waals surface area contributed by atoms with E-state index in [9.17, 15) is 14.4 Å². The van der Waals surface area contributed by atoms with Crippen LogP contribution in [0.25, 0.3) is 6.08 Å². The molecule has 3 aliphatic heterocycles. The van der Waals surface area contributed by atoms with E-state index in [1.807, 2.05) is 77.7 Å². The largest absolute Gasteiger partial charge is 0.352 e. The first-order valence-corrected chi connectivity index (χ1v) is 13.5. The van der Waals surface area contributed by atoms with Crippen LogP contribution in [0.3, 0.4) is 0 Å². The number of pyridine rings is 1. The molecule has 1 N–H and O–H groups in total. The molecule has 7 rings (SSSR count). The predicted octanol–water partition coefficient (Wildman–Crippen LogP) is 5.70. The maximum Gasteiger partial charge on any atom is 0.238 e. The van der Waals surface area contributed by atoms with Crippen LogP contribution in [0.1, 0.15) is 31.8 Å². The molecule has 1 spiro atoms. The SMILES string of the molecule is O=C(c1ccncc1)C1C2C=Cc3ccccc3N2C(C(=O)c2ccc(Br)cc2)C12C(=O)Nc1ccccc12. The highest BCUT2D eigenvalue weighted by atomic mass is 79.9. The summed E-state index contributed by atoms with van der Waals surface area (Å²) >= 11 is 3.46. The third kappa shape index (κ3) is 3.32. The van der Waals surface area contributed by atoms with Gasteiger partial charge in [0.1, 0.15) is 11.5 Å². The van der Waals surface area contributed by atoms with Crippen LogP contribution in [0.15, 0.2) is 108 Å². The van der Waals surface area contributed by atoms with Crippen LogP contribution in [0, 0.1) is 5.92 Å². The van der Waals surface area contributed by atoms with Crippen molar-refractivity contribution >= 4 is 50.9 Å². The highest BCUT2D eigenvalue weighted by Gasteiger charge is 2.70. The van der Waals surface area contributed by atoms with Crippen LogP contribution in [0.4, 0.5) is 11.4 Å². The van der Waals surface area contributed by atoms with Crippen molar-refractivity contribution in [2.45, 2.75) is 17.5 Å². The average molecular weight is 576 g/mol. The smallest absolute Gasteiger partial charge is 0.238 e. The van der Waals surface area contributed by atoms with Gasteiger partial charge in [0.25, 0.3) is 0 Å². The molecule has 4 unspecified atom stereocenters. The number of nitrogens with zero attached hydrogens (tertiary/aromatic N) is 2. The first kappa shape index (κ1) is 23.7. The summed E-state index contributed by atoms with van der Waals surface area (Å²) in [5.74, 6) is -1.62. The molecule has 3 aliphatic rings. The van der Waals surface area contributed by atoms with Crippen LogP contribution in [-0.4, -0.2) is 34.5 Å². The fourth-order valence-electron chi connectivity index (χ4n) is 6.60. The summed E-state index contributed by atoms with van der Waals surface area (Å²) in [5.41, 5.74) is 2.51. The minimum absolute atomic E-state index is 0.200. The number of hydrogen-bond acceptors (Lipinski definition) is 5. The molecule has 1 aromatic heterocycles. The molecular formula is C32H22BrN3O3. The van der Waals surface area contributed by atoms with E-state index in [0.717, 1.165) is 15.7 Å². The van der Waals surface area contributed by atoms with E-state index >= 15 is 0 Å². The Morgan fingerprint density at radius 2 is 1.54 bits per heavy atom. The van der Waals surface area contributed by atoms with Gasteiger partial charge in [0.2, 0.25) is 5.91 Å². The Morgan fingerprint density at radius 3 is 2.33 bits per heavy atom. The van der Waals surface area contributed by atoms with E-state index in [1.165, 1.54) is 0 Å². The molecular weight excluding hydrogens is 554 g/mol. The molecule has 4 heterocycles. The van der Waals surface area contributed by atoms with Crippen LogP contribution in [0.2, 0.25) is 0 Å². The lowest BCUT2D eigenvalue weighted by molar-refractivity contribution is -0.121. The first-order chi connectivity index (χ1) is 19.0. The summed E-state index contributed by atoms with van der Waals surface area (Å²) in [4.78, 5) is 49.6. The summed E-state index contributed by atoms with van der Waals surface area (Å²) in [7, 11) is 0. The number of carbonyl (C=O) groups is 3. The van der Waals surface area contributed by atoms with Gasteiger partial charge in [-0.1, -0.05) is 76.6 Å². The predicted molar refractivity (Wildman–Crippen MR) is 153 cm³/mol. The maximum absolute atomic E-state index is 14.7. The Balaban J connectivity index is 1.54. The molecule has 1 fully saturated rings. The van der Waals surface area contributed by atoms with Gasteiger partial charge in [-0.3, -0.25) is 19.4 Å². The Morgan fingerprint density at radius 1 is 0.846 bits per heavy atom. The zero-order valence-electron chi connectivity index (χ0n) is 20.6. The van der Waals surface area contributed by atoms with Gasteiger partial charge in [-0.15, -0.1) is 0 Å². The van der Waals surface area contributed by atoms with Crippen molar-refractivity contribution in [1.82, 2.24) is 4.98 Å². The highest BCUT2D eigenvalue weighted by molar-refractivity contribution is 9.10. The monoisotopic (exact) mass is 575 g/mol. The van der Waals surface area contributed by atoms with Gasteiger partial charge in [0.05, 0.1) is 12.0 Å². The Labute approximate surface area is 233 Å². The van der Waals surface area contributed by atoms with E-state index < -0.39 is 23.4 Å². The normalized spacial score (nSPS) is 24.2. The molecule has 1 amide bonds. The van der Waals surface area contributed by atoms with Crippen molar-refractivity contribution in [2.24, 2.45) is 5.92 Å². The number of benzene rings is 3. The molecule has 0 saturated carbocycles. The third-order valence-corrected chi connectivity index (χ3v) is 8.70. The van der Waals surface area contributed by atoms with Gasteiger partial charge >= 0.3 is 0 Å². The summed E-state index contributed by atoms with van der Waals surface area (Å²) < 4.78 is 0.846. The van der Waals surface area contributed by atoms with E-state index in [0.29, 0.717) is 22.4 Å². The fourth-order valence-corrected chi connectivity index (χ4v) is 6.87. The lowest BCUT2D eigenvalue weighted by Crippen LogP contribution is -2.55. The Bertz CT molecular complexity index is 1680. The quantitative estimate of drug-likeness (QED) is 0.316. The van der Waals surface area contributed by atoms with Crippen LogP contribution >= 0.6 is 15.9 Å². The minimum Gasteiger partial charge on any atom is -0.352 e. The van der Waals surface area contributed by atoms with Crippen molar-refractivity contribution in [3.63, 3.8) is 0 Å². The number of para-hydroxylation sites is 2. The summed E-state index contributed by atoms with van der Waals surface area (Å²) in [6.45, 7) is 0. The molecule has 4 atom stereocenters. The molecule has 0 bridgehead atoms. The molecule has 7 heteroatoms. The highest BCUT2D eigenvalue weighted by Crippen LogP contribution is 2.58. The molecule has 0 aliphatic carbocycles. The van der Waals surface area contributed by atoms with Crippen molar-refractivity contribution < 1.29 is 14.4 Å². The third-order valence-electron chi connectivity index (χ3n) is 8.17. The number of anilines is 2. The van der Waals surface area contributed by atoms with Gasteiger partial charge < -0.3 is 10.2 Å². The number of nitrogens with one attached hydrogen (secondary N) is 1. The standard InChI is InChI=1S/C32H22BrN3O3/c33-22-12-9-20(10-13-22)29(38)30-32(23-6-2-3-7-24(23)35-31(32)39)27(28(37)21-15-17-34-18-16-21)26-14-11-19-5-1-4-8-25(19)36(26)30/h1-18,26-27,30H,(H,35,39). The first-order valence-electron chi connectivity index (χ1n) is 12.7. The van der Waals surface area contributed by atoms with E-state index in [2.05, 4.69) is 26.2 Å². The number of amides is 1. The van der Waals surface area contributed by atoms with Crippen LogP contribution < -0.4 is 10.2 Å². The van der Waals surface area contributed by atoms with Crippen molar-refractivity contribution in [2.75, 3.05) is 10.2 Å². The van der Waals surface area contributed by atoms with Crippen LogP contribution in [0.5, 0.6) is 0 Å². The molecule has 6 nitrogen and oxygen atoms in total. The second-order valence-electron chi connectivity index (χ2n) is 10.0. The lowest BCUT2D eigenvalue weighted by Gasteiger charge is -2.37. The molecule has 190 valence electrons. The zero-order valence-corrected chi connectivity index (χ0v) is 22.2. The van der Waals surface area contributed by atoms with Gasteiger partial charge in [-0.05, 0) is 47.5 Å². The minimum atomic E-state index is -1.46. The molecule has 0 radical (unpaired) electrons. The summed E-state index contributed by atoms with van der Waals surface area (Å²) in [6, 6.07) is 24.2. The number of carbonyl (C=O) groups excluding carboxylic acids is 3. The van der Waals surface area contributed by atoms with Crippen molar-refractivity contribution in [1.29, 1.82) is 0 Å². The fraction of sp³-hybridized carbons (Fsp3) is 0.125. The maximum atomic E-state index is 14.7. The second kappa shape index (κ2) is 8.85. The zero-order chi connectivity index (χ0) is 26.7. The molecule has 4 aromatic rings. The lowest BCUT2D eigenvalue weighted by atomic mass is 9.63. The molecule has 1 saturated heterocycles. The van der Waals surface area contributed by atoms with Gasteiger partial charge in [-0.25, -0.2) is 0 Å². The number of rotatable bonds is 4. The van der Waals surface area contributed by atoms with Gasteiger partial charge in [0, 0.05) is 39.4 Å². The number of aromatic nitrogens is 1. The molecule has 39 heavy (non-hydrogen) atoms. The number of halogens is 1. The Hall–Kier alpha value is -4.36. The van der Waals surface area contributed by atoms with E-state index in [1.54, 1.807) is 36.7 Å². The number of fused-ring (bicyclic) bond motifs is 5. The van der Waals surface area contributed by atoms with Crippen molar-refractivity contribution in [3.8, 4) is 0 Å². The second-order valence-corrected chi connectivity index (χ2v) is 11.0. The number of Topliss-reactive ketones (excluding diaryl/α,β-unsaturated/α-hetero) is 2. The van der Waals surface area contributed by atoms with Crippen LogP contribution in [-0.2, 0) is 10.2 Å². The Kier molecular flexibility index (Phi) is 5.39. The van der Waals surface area contributed by atoms with E-state index in [4.69, 9.17) is 0 Å². The topological polar surface area (TPSA) is 79.4 Å². The van der Waals surface area contributed by atoms with Gasteiger partial charge in [0.15, 0.2) is 11.6 Å².